The van der Waals surface area contributed by atoms with Gasteiger partial charge in [0.2, 0.25) is 0 Å². The smallest absolute Gasteiger partial charge is 0.370 e. The Kier molecular flexibility index (Phi) is 4.29. The molecule has 0 unspecified atom stereocenters. The van der Waals surface area contributed by atoms with Crippen LogP contribution in [0.5, 0.6) is 11.5 Å². The van der Waals surface area contributed by atoms with Crippen LogP contribution in [0.15, 0.2) is 39.9 Å². The normalized spacial score (nSPS) is 11.0. The fourth-order valence-corrected chi connectivity index (χ4v) is 3.83. The van der Waals surface area contributed by atoms with Crippen LogP contribution in [0, 0.1) is 17.4 Å². The van der Waals surface area contributed by atoms with Crippen LogP contribution in [0.25, 0.3) is 27.1 Å². The Labute approximate surface area is 167 Å². The fourth-order valence-electron chi connectivity index (χ4n) is 3.83. The minimum atomic E-state index is -0.703. The Hall–Kier alpha value is -4.16. The number of aryl methyl sites for hydroxylation is 1. The van der Waals surface area contributed by atoms with Crippen LogP contribution in [0.1, 0.15) is 19.4 Å². The lowest BCUT2D eigenvalue weighted by molar-refractivity contribution is -0.132. The Morgan fingerprint density at radius 3 is 2.10 bits per heavy atom. The van der Waals surface area contributed by atoms with Gasteiger partial charge in [0.1, 0.15) is 11.5 Å². The highest BCUT2D eigenvalue weighted by atomic mass is 16.5. The Bertz CT molecular complexity index is 1650. The molecule has 2 aromatic carbocycles. The third-order valence-corrected chi connectivity index (χ3v) is 4.80. The van der Waals surface area contributed by atoms with Crippen LogP contribution in [0.4, 0.5) is 0 Å². The van der Waals surface area contributed by atoms with Gasteiger partial charge >= 0.3 is 17.3 Å². The molecule has 0 N–H and O–H groups in total. The Morgan fingerprint density at radius 2 is 1.47 bits per heavy atom. The van der Waals surface area contributed by atoms with Crippen molar-refractivity contribution < 1.29 is 23.9 Å². The molecule has 30 heavy (non-hydrogen) atoms. The maximum atomic E-state index is 13.3. The van der Waals surface area contributed by atoms with E-state index < -0.39 is 22.8 Å². The van der Waals surface area contributed by atoms with E-state index >= 15 is 0 Å². The molecular formula is C22H14N2O6. The van der Waals surface area contributed by atoms with Crippen LogP contribution in [0.3, 0.4) is 0 Å². The standard InChI is InChI=1S/C22H14N2O6/c1-9-7-13-17(15(8-9)30-11(3)26)18-19(22(28)20(13)24-23)16-12(21(18)27)5-4-6-14(16)29-10(2)25/h4-8H,1-3H3. The first-order valence-electron chi connectivity index (χ1n) is 8.96. The molecular weight excluding hydrogens is 388 g/mol. The first-order valence-corrected chi connectivity index (χ1v) is 8.96. The van der Waals surface area contributed by atoms with E-state index in [9.17, 15) is 24.7 Å². The van der Waals surface area contributed by atoms with Crippen LogP contribution < -0.4 is 25.7 Å². The zero-order valence-corrected chi connectivity index (χ0v) is 16.2. The molecule has 8 heteroatoms. The van der Waals surface area contributed by atoms with Gasteiger partial charge in [-0.3, -0.25) is 19.2 Å². The molecule has 0 amide bonds. The molecule has 0 aromatic heterocycles. The lowest BCUT2D eigenvalue weighted by atomic mass is 10.0. The molecule has 148 valence electrons. The topological polar surface area (TPSA) is 123 Å². The minimum Gasteiger partial charge on any atom is -0.426 e. The molecule has 2 aliphatic rings. The van der Waals surface area contributed by atoms with Gasteiger partial charge in [-0.2, -0.15) is 4.79 Å². The molecule has 0 heterocycles. The molecule has 0 atom stereocenters. The number of rotatable bonds is 2. The van der Waals surface area contributed by atoms with Crippen molar-refractivity contribution in [3.63, 3.8) is 0 Å². The number of hydrogen-bond donors (Lipinski definition) is 0. The summed E-state index contributed by atoms with van der Waals surface area (Å²) in [5.41, 5.74) is 9.03. The van der Waals surface area contributed by atoms with Crippen molar-refractivity contribution in [2.75, 3.05) is 0 Å². The van der Waals surface area contributed by atoms with Gasteiger partial charge in [-0.25, -0.2) is 0 Å². The summed E-state index contributed by atoms with van der Waals surface area (Å²) in [6, 6.07) is 7.62. The Balaban J connectivity index is 2.46. The average Bonchev–Trinajstić information content (AvgIpc) is 2.95. The molecule has 2 aliphatic carbocycles. The van der Waals surface area contributed by atoms with Crippen LogP contribution in [-0.2, 0) is 9.59 Å². The largest absolute Gasteiger partial charge is 0.426 e. The van der Waals surface area contributed by atoms with Crippen molar-refractivity contribution in [3.8, 4) is 11.5 Å². The van der Waals surface area contributed by atoms with Crippen molar-refractivity contribution in [1.82, 2.24) is 0 Å². The fraction of sp³-hybridized carbons (Fsp3) is 0.136. The number of fused-ring (bicyclic) bond motifs is 4. The predicted octanol–water partition coefficient (Wildman–Crippen LogP) is 1.60. The Morgan fingerprint density at radius 1 is 0.867 bits per heavy atom. The van der Waals surface area contributed by atoms with Crippen LogP contribution >= 0.6 is 0 Å². The average molecular weight is 402 g/mol. The highest BCUT2D eigenvalue weighted by molar-refractivity contribution is 5.98. The highest BCUT2D eigenvalue weighted by Gasteiger charge is 2.24. The van der Waals surface area contributed by atoms with Gasteiger partial charge in [-0.05, 0) is 30.7 Å². The van der Waals surface area contributed by atoms with Gasteiger partial charge in [-0.15, -0.1) is 0 Å². The molecule has 2 aromatic rings. The molecule has 0 saturated heterocycles. The van der Waals surface area contributed by atoms with E-state index in [0.717, 1.165) is 0 Å². The lowest BCUT2D eigenvalue weighted by Crippen LogP contribution is -2.28. The summed E-state index contributed by atoms with van der Waals surface area (Å²) in [6.45, 7) is 4.12. The number of carbonyl (C=O) groups is 2. The van der Waals surface area contributed by atoms with Gasteiger partial charge < -0.3 is 15.0 Å². The van der Waals surface area contributed by atoms with Gasteiger partial charge in [0.15, 0.2) is 5.43 Å². The SMILES string of the molecule is CC(=O)Oc1cccc2c(=O)c3c4c(OC(C)=O)cc(C)cc4c(=[N+]=[N-])c(=O)c=3c12. The maximum Gasteiger partial charge on any atom is 0.370 e. The van der Waals surface area contributed by atoms with Gasteiger partial charge in [0.05, 0.1) is 10.6 Å². The zero-order chi connectivity index (χ0) is 21.7. The van der Waals surface area contributed by atoms with Crippen molar-refractivity contribution >= 4 is 33.5 Å². The minimum absolute atomic E-state index is 0.00764. The van der Waals surface area contributed by atoms with E-state index in [1.54, 1.807) is 19.1 Å². The lowest BCUT2D eigenvalue weighted by Gasteiger charge is -2.07. The summed E-state index contributed by atoms with van der Waals surface area (Å²) in [5, 5.41) is 0.281. The molecule has 0 spiro atoms. The number of esters is 2. The van der Waals surface area contributed by atoms with Crippen molar-refractivity contribution in [3.05, 3.63) is 77.7 Å². The number of nitrogens with zero attached hydrogens (tertiary/aromatic N) is 2. The summed E-state index contributed by atoms with van der Waals surface area (Å²) < 4.78 is 10.5. The molecule has 0 fully saturated rings. The third kappa shape index (κ3) is 2.70. The van der Waals surface area contributed by atoms with Crippen molar-refractivity contribution in [2.24, 2.45) is 0 Å². The van der Waals surface area contributed by atoms with E-state index in [-0.39, 0.29) is 48.8 Å². The van der Waals surface area contributed by atoms with E-state index in [2.05, 4.69) is 4.79 Å². The number of benzene rings is 2. The zero-order valence-electron chi connectivity index (χ0n) is 16.2. The number of ether oxygens (including phenoxy) is 2. The number of hydrogen-bond acceptors (Lipinski definition) is 6. The summed E-state index contributed by atoms with van der Waals surface area (Å²) >= 11 is 0. The second-order valence-electron chi connectivity index (χ2n) is 6.91. The van der Waals surface area contributed by atoms with E-state index in [0.29, 0.717) is 5.56 Å². The molecule has 0 aliphatic heterocycles. The first kappa shape index (κ1) is 19.2. The molecule has 4 rings (SSSR count). The second kappa shape index (κ2) is 6.72. The van der Waals surface area contributed by atoms with Crippen molar-refractivity contribution in [1.29, 1.82) is 0 Å². The quantitative estimate of drug-likeness (QED) is 0.217. The van der Waals surface area contributed by atoms with Crippen LogP contribution in [0.2, 0.25) is 0 Å². The molecule has 0 radical (unpaired) electrons. The maximum absolute atomic E-state index is 13.3. The van der Waals surface area contributed by atoms with Crippen LogP contribution in [-0.4, -0.2) is 16.7 Å². The molecule has 0 saturated carbocycles. The highest BCUT2D eigenvalue weighted by Crippen LogP contribution is 2.31. The van der Waals surface area contributed by atoms with E-state index in [4.69, 9.17) is 9.47 Å². The third-order valence-electron chi connectivity index (χ3n) is 4.80. The summed E-state index contributed by atoms with van der Waals surface area (Å²) in [6.07, 6.45) is 0. The summed E-state index contributed by atoms with van der Waals surface area (Å²) in [5.74, 6) is -1.14. The summed E-state index contributed by atoms with van der Waals surface area (Å²) in [7, 11) is 0. The van der Waals surface area contributed by atoms with E-state index in [1.807, 2.05) is 0 Å². The molecule has 8 nitrogen and oxygen atoms in total. The second-order valence-corrected chi connectivity index (χ2v) is 6.91. The predicted molar refractivity (Wildman–Crippen MR) is 106 cm³/mol. The summed E-state index contributed by atoms with van der Waals surface area (Å²) in [4.78, 5) is 52.9. The number of carbonyl (C=O) groups excluding carboxylic acids is 2. The van der Waals surface area contributed by atoms with Gasteiger partial charge in [-0.1, -0.05) is 12.1 Å². The van der Waals surface area contributed by atoms with Gasteiger partial charge in [0.25, 0.3) is 5.43 Å². The first-order chi connectivity index (χ1) is 14.2. The molecule has 0 bridgehead atoms. The van der Waals surface area contributed by atoms with Crippen molar-refractivity contribution in [2.45, 2.75) is 20.8 Å². The van der Waals surface area contributed by atoms with Gasteiger partial charge in [0, 0.05) is 35.2 Å². The monoisotopic (exact) mass is 402 g/mol. The van der Waals surface area contributed by atoms with E-state index in [1.165, 1.54) is 32.0 Å².